The van der Waals surface area contributed by atoms with E-state index in [0.717, 1.165) is 27.9 Å². The lowest BCUT2D eigenvalue weighted by molar-refractivity contribution is 0.801. The fourth-order valence-corrected chi connectivity index (χ4v) is 3.42. The van der Waals surface area contributed by atoms with Crippen LogP contribution in [0.25, 0.3) is 33.7 Å². The number of hydrogen-bond acceptors (Lipinski definition) is 4. The van der Waals surface area contributed by atoms with Crippen LogP contribution in [-0.4, -0.2) is 29.6 Å². The van der Waals surface area contributed by atoms with Gasteiger partial charge in [0.15, 0.2) is 5.82 Å². The highest BCUT2D eigenvalue weighted by Gasteiger charge is 2.18. The molecule has 0 spiro atoms. The summed E-state index contributed by atoms with van der Waals surface area (Å²) in [6.45, 7) is 0. The van der Waals surface area contributed by atoms with Gasteiger partial charge in [-0.15, -0.1) is 10.2 Å². The predicted octanol–water partition coefficient (Wildman–Crippen LogP) is 4.95. The van der Waals surface area contributed by atoms with E-state index in [-0.39, 0.29) is 0 Å². The van der Waals surface area contributed by atoms with Gasteiger partial charge < -0.3 is 0 Å². The van der Waals surface area contributed by atoms with Crippen molar-refractivity contribution in [1.82, 2.24) is 29.6 Å². The van der Waals surface area contributed by atoms with Crippen molar-refractivity contribution in [3.8, 4) is 28.2 Å². The van der Waals surface area contributed by atoms with Crippen molar-refractivity contribution in [3.05, 3.63) is 83.4 Å². The van der Waals surface area contributed by atoms with Crippen molar-refractivity contribution in [2.24, 2.45) is 0 Å². The number of benzene rings is 2. The third-order valence-electron chi connectivity index (χ3n) is 4.47. The van der Waals surface area contributed by atoms with E-state index in [2.05, 4.69) is 20.4 Å². The van der Waals surface area contributed by atoms with Crippen LogP contribution >= 0.6 is 23.2 Å². The standard InChI is InChI=1S/C20H12Cl2N6/c21-14-3-1-13(2-4-14)17-9-10-24-28-19(17)18(11-25-28)20-26-23-12-27(20)16-7-5-15(22)6-8-16/h1-12H. The third-order valence-corrected chi connectivity index (χ3v) is 4.98. The van der Waals surface area contributed by atoms with Gasteiger partial charge in [-0.3, -0.25) is 4.57 Å². The third kappa shape index (κ3) is 2.83. The van der Waals surface area contributed by atoms with Gasteiger partial charge in [-0.1, -0.05) is 35.3 Å². The first-order valence-corrected chi connectivity index (χ1v) is 9.21. The number of rotatable bonds is 3. The molecule has 0 saturated carbocycles. The molecule has 6 nitrogen and oxygen atoms in total. The lowest BCUT2D eigenvalue weighted by atomic mass is 10.0. The topological polar surface area (TPSA) is 60.9 Å². The van der Waals surface area contributed by atoms with E-state index in [1.165, 1.54) is 0 Å². The Bertz CT molecular complexity index is 1270. The number of halogens is 2. The predicted molar refractivity (Wildman–Crippen MR) is 109 cm³/mol. The lowest BCUT2D eigenvalue weighted by Gasteiger charge is -2.08. The number of fused-ring (bicyclic) bond motifs is 1. The number of hydrogen-bond donors (Lipinski definition) is 0. The van der Waals surface area contributed by atoms with Gasteiger partial charge in [0.25, 0.3) is 0 Å². The number of aromatic nitrogens is 6. The molecule has 3 heterocycles. The smallest absolute Gasteiger partial charge is 0.172 e. The average molecular weight is 407 g/mol. The Morgan fingerprint density at radius 3 is 2.21 bits per heavy atom. The Labute approximate surface area is 170 Å². The van der Waals surface area contributed by atoms with Crippen LogP contribution in [0.4, 0.5) is 0 Å². The minimum atomic E-state index is 0.667. The summed E-state index contributed by atoms with van der Waals surface area (Å²) in [5, 5.41) is 18.5. The van der Waals surface area contributed by atoms with Gasteiger partial charge in [0, 0.05) is 21.3 Å². The summed E-state index contributed by atoms with van der Waals surface area (Å²) >= 11 is 12.1. The first-order valence-electron chi connectivity index (χ1n) is 8.46. The zero-order chi connectivity index (χ0) is 19.1. The van der Waals surface area contributed by atoms with E-state index in [1.54, 1.807) is 23.4 Å². The van der Waals surface area contributed by atoms with Gasteiger partial charge in [0.2, 0.25) is 0 Å². The highest BCUT2D eigenvalue weighted by molar-refractivity contribution is 6.30. The molecule has 136 valence electrons. The second kappa shape index (κ2) is 6.74. The molecule has 0 aliphatic heterocycles. The molecular formula is C20H12Cl2N6. The normalized spacial score (nSPS) is 11.2. The zero-order valence-corrected chi connectivity index (χ0v) is 15.9. The van der Waals surface area contributed by atoms with Crippen LogP contribution in [0.2, 0.25) is 10.0 Å². The molecule has 8 heteroatoms. The van der Waals surface area contributed by atoms with E-state index in [4.69, 9.17) is 23.2 Å². The van der Waals surface area contributed by atoms with Crippen molar-refractivity contribution in [2.45, 2.75) is 0 Å². The van der Waals surface area contributed by atoms with Crippen LogP contribution < -0.4 is 0 Å². The van der Waals surface area contributed by atoms with Gasteiger partial charge in [0.1, 0.15) is 11.8 Å². The first-order chi connectivity index (χ1) is 13.7. The van der Waals surface area contributed by atoms with E-state index >= 15 is 0 Å². The van der Waals surface area contributed by atoms with E-state index in [9.17, 15) is 0 Å². The Morgan fingerprint density at radius 2 is 1.46 bits per heavy atom. The molecule has 0 fully saturated rings. The molecule has 28 heavy (non-hydrogen) atoms. The maximum absolute atomic E-state index is 6.05. The molecule has 0 saturated heterocycles. The molecule has 3 aromatic heterocycles. The van der Waals surface area contributed by atoms with Crippen molar-refractivity contribution < 1.29 is 0 Å². The van der Waals surface area contributed by atoms with E-state index in [0.29, 0.717) is 15.9 Å². The molecule has 0 unspecified atom stereocenters. The highest BCUT2D eigenvalue weighted by Crippen LogP contribution is 2.32. The van der Waals surface area contributed by atoms with Crippen LogP contribution in [0.1, 0.15) is 0 Å². The zero-order valence-electron chi connectivity index (χ0n) is 14.4. The molecule has 0 aliphatic rings. The van der Waals surface area contributed by atoms with Gasteiger partial charge in [-0.05, 0) is 48.0 Å². The monoisotopic (exact) mass is 406 g/mol. The number of nitrogens with zero attached hydrogens (tertiary/aromatic N) is 6. The molecule has 5 aromatic rings. The van der Waals surface area contributed by atoms with Crippen LogP contribution in [0.3, 0.4) is 0 Å². The molecule has 0 amide bonds. The van der Waals surface area contributed by atoms with Crippen LogP contribution in [0, 0.1) is 0 Å². The quantitative estimate of drug-likeness (QED) is 0.425. The van der Waals surface area contributed by atoms with Crippen LogP contribution in [-0.2, 0) is 0 Å². The second-order valence-corrected chi connectivity index (χ2v) is 7.02. The largest absolute Gasteiger partial charge is 0.282 e. The van der Waals surface area contributed by atoms with Crippen molar-refractivity contribution >= 4 is 28.7 Å². The van der Waals surface area contributed by atoms with E-state index < -0.39 is 0 Å². The minimum Gasteiger partial charge on any atom is -0.282 e. The Morgan fingerprint density at radius 1 is 0.750 bits per heavy atom. The van der Waals surface area contributed by atoms with Crippen molar-refractivity contribution in [1.29, 1.82) is 0 Å². The highest BCUT2D eigenvalue weighted by atomic mass is 35.5. The Hall–Kier alpha value is -3.22. The molecule has 0 N–H and O–H groups in total. The summed E-state index contributed by atoms with van der Waals surface area (Å²) in [5.41, 5.74) is 4.56. The van der Waals surface area contributed by atoms with E-state index in [1.807, 2.05) is 59.2 Å². The average Bonchev–Trinajstić information content (AvgIpc) is 3.35. The summed E-state index contributed by atoms with van der Waals surface area (Å²) < 4.78 is 3.49. The SMILES string of the molecule is Clc1ccc(-c2ccnn3ncc(-c4nncn4-c4ccc(Cl)cc4)c23)cc1. The van der Waals surface area contributed by atoms with Gasteiger partial charge >= 0.3 is 0 Å². The molecule has 5 rings (SSSR count). The molecule has 0 aliphatic carbocycles. The summed E-state index contributed by atoms with van der Waals surface area (Å²) in [6.07, 6.45) is 5.14. The van der Waals surface area contributed by atoms with Gasteiger partial charge in [-0.2, -0.15) is 14.8 Å². The van der Waals surface area contributed by atoms with Gasteiger partial charge in [0.05, 0.1) is 18.0 Å². The minimum absolute atomic E-state index is 0.667. The molecule has 2 aromatic carbocycles. The fourth-order valence-electron chi connectivity index (χ4n) is 3.16. The summed E-state index contributed by atoms with van der Waals surface area (Å²) in [5.74, 6) is 0.667. The van der Waals surface area contributed by atoms with Gasteiger partial charge in [-0.25, -0.2) is 0 Å². The Kier molecular flexibility index (Phi) is 4.07. The first kappa shape index (κ1) is 16.9. The summed E-state index contributed by atoms with van der Waals surface area (Å²) in [6, 6.07) is 17.1. The molecule has 0 radical (unpaired) electrons. The second-order valence-electron chi connectivity index (χ2n) is 6.15. The summed E-state index contributed by atoms with van der Waals surface area (Å²) in [4.78, 5) is 0. The molecular weight excluding hydrogens is 395 g/mol. The lowest BCUT2D eigenvalue weighted by Crippen LogP contribution is -1.98. The molecule has 0 bridgehead atoms. The van der Waals surface area contributed by atoms with Crippen molar-refractivity contribution in [2.75, 3.05) is 0 Å². The van der Waals surface area contributed by atoms with Crippen LogP contribution in [0.15, 0.2) is 73.3 Å². The maximum Gasteiger partial charge on any atom is 0.172 e. The summed E-state index contributed by atoms with van der Waals surface area (Å²) in [7, 11) is 0. The van der Waals surface area contributed by atoms with Crippen LogP contribution in [0.5, 0.6) is 0 Å². The van der Waals surface area contributed by atoms with Crippen molar-refractivity contribution in [3.63, 3.8) is 0 Å². The molecule has 0 atom stereocenters. The Balaban J connectivity index is 1.73. The fraction of sp³-hybridized carbons (Fsp3) is 0. The maximum atomic E-state index is 6.05.